The van der Waals surface area contributed by atoms with Crippen LogP contribution in [0.15, 0.2) is 9.52 Å². The van der Waals surface area contributed by atoms with Gasteiger partial charge in [-0.2, -0.15) is 0 Å². The number of aryl methyl sites for hydroxylation is 2. The van der Waals surface area contributed by atoms with Gasteiger partial charge in [-0.15, -0.1) is 0 Å². The van der Waals surface area contributed by atoms with Gasteiger partial charge in [0.05, 0.1) is 5.69 Å². The fourth-order valence-electron chi connectivity index (χ4n) is 1.74. The average Bonchev–Trinajstić information content (AvgIpc) is 2.71. The van der Waals surface area contributed by atoms with Crippen molar-refractivity contribution >= 4 is 5.96 Å². The van der Waals surface area contributed by atoms with Crippen molar-refractivity contribution in [3.05, 3.63) is 17.0 Å². The van der Waals surface area contributed by atoms with Gasteiger partial charge >= 0.3 is 0 Å². The second-order valence-corrected chi connectivity index (χ2v) is 4.03. The first-order valence-electron chi connectivity index (χ1n) is 5.98. The number of nitrogens with one attached hydrogen (secondary N) is 1. The van der Waals surface area contributed by atoms with E-state index >= 15 is 0 Å². The standard InChI is InChI=1S/C12H22N4O/c1-6-10-9(11(7-2)17-15-10)8-14-12(13-3)16(4)5/h6-8H2,1-5H3,(H,13,14). The minimum Gasteiger partial charge on any atom is -0.361 e. The minimum atomic E-state index is 0.709. The number of hydrogen-bond donors (Lipinski definition) is 1. The first-order valence-corrected chi connectivity index (χ1v) is 5.98. The SMILES string of the molecule is CCc1noc(CC)c1CNC(=NC)N(C)C. The highest BCUT2D eigenvalue weighted by molar-refractivity contribution is 5.79. The van der Waals surface area contributed by atoms with Gasteiger partial charge in [0.2, 0.25) is 0 Å². The molecule has 0 aliphatic carbocycles. The van der Waals surface area contributed by atoms with Crippen LogP contribution in [0.4, 0.5) is 0 Å². The Bertz CT molecular complexity index is 360. The topological polar surface area (TPSA) is 53.7 Å². The van der Waals surface area contributed by atoms with Gasteiger partial charge in [0.15, 0.2) is 5.96 Å². The van der Waals surface area contributed by atoms with Crippen molar-refractivity contribution in [2.75, 3.05) is 21.1 Å². The largest absolute Gasteiger partial charge is 0.361 e. The van der Waals surface area contributed by atoms with E-state index in [9.17, 15) is 0 Å². The maximum Gasteiger partial charge on any atom is 0.193 e. The molecule has 5 heteroatoms. The maximum atomic E-state index is 5.32. The summed E-state index contributed by atoms with van der Waals surface area (Å²) in [6.07, 6.45) is 1.76. The number of guanidine groups is 1. The average molecular weight is 238 g/mol. The van der Waals surface area contributed by atoms with Crippen LogP contribution in [0.25, 0.3) is 0 Å². The Labute approximate surface area is 103 Å². The summed E-state index contributed by atoms with van der Waals surface area (Å²) in [5.41, 5.74) is 2.20. The zero-order valence-electron chi connectivity index (χ0n) is 11.4. The van der Waals surface area contributed by atoms with Crippen molar-refractivity contribution in [3.8, 4) is 0 Å². The molecule has 1 N–H and O–H groups in total. The Kier molecular flexibility index (Phi) is 5.00. The molecule has 0 fully saturated rings. The summed E-state index contributed by atoms with van der Waals surface area (Å²) in [6, 6.07) is 0. The third-order valence-electron chi connectivity index (χ3n) is 2.67. The molecule has 1 aromatic heterocycles. The second-order valence-electron chi connectivity index (χ2n) is 4.03. The summed E-state index contributed by atoms with van der Waals surface area (Å²) >= 11 is 0. The van der Waals surface area contributed by atoms with Gasteiger partial charge in [-0.05, 0) is 6.42 Å². The molecular weight excluding hydrogens is 216 g/mol. The van der Waals surface area contributed by atoms with Crippen LogP contribution < -0.4 is 5.32 Å². The van der Waals surface area contributed by atoms with E-state index in [0.717, 1.165) is 35.8 Å². The van der Waals surface area contributed by atoms with Gasteiger partial charge in [-0.25, -0.2) is 0 Å². The van der Waals surface area contributed by atoms with Gasteiger partial charge in [0.25, 0.3) is 0 Å². The Morgan fingerprint density at radius 2 is 2.06 bits per heavy atom. The fraction of sp³-hybridized carbons (Fsp3) is 0.667. The molecule has 0 aliphatic rings. The van der Waals surface area contributed by atoms with E-state index in [0.29, 0.717) is 6.54 Å². The van der Waals surface area contributed by atoms with E-state index in [1.165, 1.54) is 0 Å². The van der Waals surface area contributed by atoms with E-state index in [4.69, 9.17) is 4.52 Å². The number of hydrogen-bond acceptors (Lipinski definition) is 3. The van der Waals surface area contributed by atoms with Gasteiger partial charge in [0, 0.05) is 39.7 Å². The molecule has 0 bridgehead atoms. The van der Waals surface area contributed by atoms with Crippen molar-refractivity contribution in [1.82, 2.24) is 15.4 Å². The molecule has 96 valence electrons. The number of rotatable bonds is 4. The third-order valence-corrected chi connectivity index (χ3v) is 2.67. The van der Waals surface area contributed by atoms with Crippen LogP contribution in [0.2, 0.25) is 0 Å². The highest BCUT2D eigenvalue weighted by atomic mass is 16.5. The van der Waals surface area contributed by atoms with Crippen LogP contribution in [0.1, 0.15) is 30.9 Å². The molecule has 0 aliphatic heterocycles. The van der Waals surface area contributed by atoms with Crippen LogP contribution in [0.3, 0.4) is 0 Å². The molecule has 17 heavy (non-hydrogen) atoms. The zero-order valence-corrected chi connectivity index (χ0v) is 11.4. The fourth-order valence-corrected chi connectivity index (χ4v) is 1.74. The summed E-state index contributed by atoms with van der Waals surface area (Å²) < 4.78 is 5.32. The number of nitrogens with zero attached hydrogens (tertiary/aromatic N) is 3. The summed E-state index contributed by atoms with van der Waals surface area (Å²) in [5, 5.41) is 7.38. The van der Waals surface area contributed by atoms with Crippen molar-refractivity contribution in [2.24, 2.45) is 4.99 Å². The molecule has 0 spiro atoms. The lowest BCUT2D eigenvalue weighted by molar-refractivity contribution is 0.380. The molecule has 0 atom stereocenters. The van der Waals surface area contributed by atoms with Crippen molar-refractivity contribution in [1.29, 1.82) is 0 Å². The van der Waals surface area contributed by atoms with E-state index in [1.54, 1.807) is 7.05 Å². The quantitative estimate of drug-likeness (QED) is 0.637. The van der Waals surface area contributed by atoms with Crippen molar-refractivity contribution in [3.63, 3.8) is 0 Å². The highest BCUT2D eigenvalue weighted by Crippen LogP contribution is 2.15. The lowest BCUT2D eigenvalue weighted by atomic mass is 10.1. The van der Waals surface area contributed by atoms with Crippen molar-refractivity contribution < 1.29 is 4.52 Å². The highest BCUT2D eigenvalue weighted by Gasteiger charge is 2.13. The van der Waals surface area contributed by atoms with E-state index in [2.05, 4.69) is 29.3 Å². The van der Waals surface area contributed by atoms with Gasteiger partial charge in [0.1, 0.15) is 5.76 Å². The number of aromatic nitrogens is 1. The normalized spacial score (nSPS) is 11.7. The molecule has 0 unspecified atom stereocenters. The van der Waals surface area contributed by atoms with Gasteiger partial charge < -0.3 is 14.7 Å². The van der Waals surface area contributed by atoms with Crippen LogP contribution in [-0.4, -0.2) is 37.2 Å². The predicted molar refractivity (Wildman–Crippen MR) is 69.1 cm³/mol. The molecule has 0 saturated heterocycles. The molecule has 0 aromatic carbocycles. The van der Waals surface area contributed by atoms with E-state index < -0.39 is 0 Å². The Balaban J connectivity index is 2.77. The third kappa shape index (κ3) is 3.22. The van der Waals surface area contributed by atoms with Crippen molar-refractivity contribution in [2.45, 2.75) is 33.2 Å². The first-order chi connectivity index (χ1) is 8.13. The molecular formula is C12H22N4O. The van der Waals surface area contributed by atoms with Gasteiger partial charge in [-0.3, -0.25) is 4.99 Å². The van der Waals surface area contributed by atoms with Crippen LogP contribution in [0.5, 0.6) is 0 Å². The molecule has 0 amide bonds. The van der Waals surface area contributed by atoms with Crippen LogP contribution in [-0.2, 0) is 19.4 Å². The molecule has 0 radical (unpaired) electrons. The lowest BCUT2D eigenvalue weighted by Crippen LogP contribution is -2.36. The molecule has 1 heterocycles. The first kappa shape index (κ1) is 13.5. The molecule has 5 nitrogen and oxygen atoms in total. The molecule has 0 saturated carbocycles. The van der Waals surface area contributed by atoms with Gasteiger partial charge in [-0.1, -0.05) is 19.0 Å². The summed E-state index contributed by atoms with van der Waals surface area (Å²) in [7, 11) is 5.70. The summed E-state index contributed by atoms with van der Waals surface area (Å²) in [6.45, 7) is 4.87. The van der Waals surface area contributed by atoms with Crippen LogP contribution >= 0.6 is 0 Å². The van der Waals surface area contributed by atoms with Crippen LogP contribution in [0, 0.1) is 0 Å². The lowest BCUT2D eigenvalue weighted by Gasteiger charge is -2.16. The summed E-state index contributed by atoms with van der Waals surface area (Å²) in [4.78, 5) is 6.13. The zero-order chi connectivity index (χ0) is 12.8. The Hall–Kier alpha value is -1.52. The minimum absolute atomic E-state index is 0.709. The maximum absolute atomic E-state index is 5.32. The predicted octanol–water partition coefficient (Wildman–Crippen LogP) is 1.44. The monoisotopic (exact) mass is 238 g/mol. The Morgan fingerprint density at radius 1 is 1.35 bits per heavy atom. The van der Waals surface area contributed by atoms with E-state index in [1.807, 2.05) is 19.0 Å². The number of aliphatic imine (C=N–C) groups is 1. The van der Waals surface area contributed by atoms with E-state index in [-0.39, 0.29) is 0 Å². The molecule has 1 rings (SSSR count). The smallest absolute Gasteiger partial charge is 0.193 e. The summed E-state index contributed by atoms with van der Waals surface area (Å²) in [5.74, 6) is 1.82. The second kappa shape index (κ2) is 6.27. The molecule has 1 aromatic rings. The Morgan fingerprint density at radius 3 is 2.53 bits per heavy atom.